The van der Waals surface area contributed by atoms with Gasteiger partial charge in [-0.3, -0.25) is 4.68 Å². The topological polar surface area (TPSA) is 67.7 Å². The second-order valence-corrected chi connectivity index (χ2v) is 5.77. The van der Waals surface area contributed by atoms with E-state index in [0.29, 0.717) is 0 Å². The zero-order valence-corrected chi connectivity index (χ0v) is 12.7. The minimum atomic E-state index is -0.100. The van der Waals surface area contributed by atoms with Crippen LogP contribution in [0.3, 0.4) is 0 Å². The molecule has 0 saturated carbocycles. The van der Waals surface area contributed by atoms with Crippen LogP contribution in [0.1, 0.15) is 33.5 Å². The van der Waals surface area contributed by atoms with Gasteiger partial charge in [0.2, 0.25) is 0 Å². The van der Waals surface area contributed by atoms with Crippen molar-refractivity contribution in [2.45, 2.75) is 33.1 Å². The molecule has 0 radical (unpaired) electrons. The fourth-order valence-corrected chi connectivity index (χ4v) is 1.75. The van der Waals surface area contributed by atoms with E-state index in [-0.39, 0.29) is 5.41 Å². The minimum Gasteiger partial charge on any atom is -0.370 e. The van der Waals surface area contributed by atoms with Gasteiger partial charge in [0, 0.05) is 31.3 Å². The summed E-state index contributed by atoms with van der Waals surface area (Å²) in [5.74, 6) is 2.41. The first kappa shape index (κ1) is 14.3. The number of anilines is 3. The predicted molar refractivity (Wildman–Crippen MR) is 81.4 cm³/mol. The highest BCUT2D eigenvalue weighted by Gasteiger charge is 2.19. The Balaban J connectivity index is 2.33. The molecular formula is C14H22N6. The van der Waals surface area contributed by atoms with Gasteiger partial charge in [-0.05, 0) is 6.92 Å². The fraction of sp³-hybridized carbons (Fsp3) is 0.500. The third kappa shape index (κ3) is 3.46. The minimum absolute atomic E-state index is 0.100. The van der Waals surface area contributed by atoms with E-state index >= 15 is 0 Å². The van der Waals surface area contributed by atoms with Crippen LogP contribution in [-0.2, 0) is 12.5 Å². The third-order valence-corrected chi connectivity index (χ3v) is 2.73. The van der Waals surface area contributed by atoms with Crippen molar-refractivity contribution < 1.29 is 0 Å². The van der Waals surface area contributed by atoms with E-state index in [1.165, 1.54) is 0 Å². The molecule has 0 aliphatic heterocycles. The molecule has 2 aromatic rings. The molecule has 0 aliphatic carbocycles. The Morgan fingerprint density at radius 1 is 1.20 bits per heavy atom. The maximum Gasteiger partial charge on any atom is 0.138 e. The molecule has 2 heterocycles. The van der Waals surface area contributed by atoms with E-state index in [2.05, 4.69) is 46.5 Å². The van der Waals surface area contributed by atoms with E-state index < -0.39 is 0 Å². The summed E-state index contributed by atoms with van der Waals surface area (Å²) in [7, 11) is 1.88. The van der Waals surface area contributed by atoms with Gasteiger partial charge in [-0.15, -0.1) is 0 Å². The molecule has 20 heavy (non-hydrogen) atoms. The molecular weight excluding hydrogens is 252 g/mol. The summed E-state index contributed by atoms with van der Waals surface area (Å²) in [4.78, 5) is 9.15. The summed E-state index contributed by atoms with van der Waals surface area (Å²) < 4.78 is 1.75. The van der Waals surface area contributed by atoms with Crippen molar-refractivity contribution >= 4 is 17.3 Å². The number of rotatable bonds is 4. The van der Waals surface area contributed by atoms with Crippen molar-refractivity contribution in [3.8, 4) is 0 Å². The Bertz CT molecular complexity index is 582. The summed E-state index contributed by atoms with van der Waals surface area (Å²) in [5, 5.41) is 10.6. The largest absolute Gasteiger partial charge is 0.370 e. The molecule has 2 aromatic heterocycles. The van der Waals surface area contributed by atoms with Crippen LogP contribution in [0.25, 0.3) is 0 Å². The van der Waals surface area contributed by atoms with Gasteiger partial charge >= 0.3 is 0 Å². The van der Waals surface area contributed by atoms with Gasteiger partial charge < -0.3 is 10.6 Å². The highest BCUT2D eigenvalue weighted by Crippen LogP contribution is 2.23. The molecule has 2 rings (SSSR count). The van der Waals surface area contributed by atoms with Gasteiger partial charge in [-0.2, -0.15) is 5.10 Å². The average Bonchev–Trinajstić information content (AvgIpc) is 2.74. The van der Waals surface area contributed by atoms with Crippen molar-refractivity contribution in [1.29, 1.82) is 0 Å². The van der Waals surface area contributed by atoms with Crippen LogP contribution < -0.4 is 10.6 Å². The number of nitrogens with zero attached hydrogens (tertiary/aromatic N) is 4. The fourth-order valence-electron chi connectivity index (χ4n) is 1.75. The van der Waals surface area contributed by atoms with Crippen LogP contribution in [0.2, 0.25) is 0 Å². The second-order valence-electron chi connectivity index (χ2n) is 5.77. The van der Waals surface area contributed by atoms with Crippen LogP contribution in [0.15, 0.2) is 18.5 Å². The molecule has 6 nitrogen and oxygen atoms in total. The van der Waals surface area contributed by atoms with Crippen molar-refractivity contribution in [3.63, 3.8) is 0 Å². The Morgan fingerprint density at radius 2 is 1.90 bits per heavy atom. The van der Waals surface area contributed by atoms with Crippen LogP contribution in [0.5, 0.6) is 0 Å². The summed E-state index contributed by atoms with van der Waals surface area (Å²) in [5.41, 5.74) is 0.810. The Labute approximate surface area is 119 Å². The first-order valence-electron chi connectivity index (χ1n) is 6.77. The van der Waals surface area contributed by atoms with Gasteiger partial charge in [0.25, 0.3) is 0 Å². The van der Waals surface area contributed by atoms with E-state index in [0.717, 1.165) is 29.7 Å². The summed E-state index contributed by atoms with van der Waals surface area (Å²) in [6.45, 7) is 9.18. The van der Waals surface area contributed by atoms with Crippen molar-refractivity contribution in [1.82, 2.24) is 19.7 Å². The molecule has 0 aliphatic rings. The van der Waals surface area contributed by atoms with Crippen molar-refractivity contribution in [2.75, 3.05) is 17.2 Å². The second kappa shape index (κ2) is 5.48. The van der Waals surface area contributed by atoms with E-state index in [4.69, 9.17) is 0 Å². The monoisotopic (exact) mass is 274 g/mol. The predicted octanol–water partition coefficient (Wildman–Crippen LogP) is 2.68. The number of aryl methyl sites for hydroxylation is 1. The average molecular weight is 274 g/mol. The number of aromatic nitrogens is 4. The molecule has 0 saturated heterocycles. The molecule has 2 N–H and O–H groups in total. The highest BCUT2D eigenvalue weighted by molar-refractivity contribution is 5.58. The maximum absolute atomic E-state index is 4.59. The van der Waals surface area contributed by atoms with Gasteiger partial charge in [-0.1, -0.05) is 20.8 Å². The quantitative estimate of drug-likeness (QED) is 0.897. The van der Waals surface area contributed by atoms with Gasteiger partial charge in [0.15, 0.2) is 0 Å². The number of hydrogen-bond acceptors (Lipinski definition) is 5. The van der Waals surface area contributed by atoms with Crippen molar-refractivity contribution in [3.05, 3.63) is 24.3 Å². The summed E-state index contributed by atoms with van der Waals surface area (Å²) in [6, 6.07) is 1.91. The van der Waals surface area contributed by atoms with Crippen LogP contribution in [0.4, 0.5) is 17.3 Å². The lowest BCUT2D eigenvalue weighted by Crippen LogP contribution is -2.18. The zero-order chi connectivity index (χ0) is 14.8. The third-order valence-electron chi connectivity index (χ3n) is 2.73. The SMILES string of the molecule is CCNc1cc(Nc2cnn(C)c2)nc(C(C)(C)C)n1. The van der Waals surface area contributed by atoms with Crippen LogP contribution in [-0.4, -0.2) is 26.3 Å². The lowest BCUT2D eigenvalue weighted by molar-refractivity contribution is 0.547. The van der Waals surface area contributed by atoms with E-state index in [1.807, 2.05) is 26.2 Å². The normalized spacial score (nSPS) is 11.4. The Hall–Kier alpha value is -2.11. The highest BCUT2D eigenvalue weighted by atomic mass is 15.3. The van der Waals surface area contributed by atoms with E-state index in [1.54, 1.807) is 10.9 Å². The number of hydrogen-bond donors (Lipinski definition) is 2. The lowest BCUT2D eigenvalue weighted by Gasteiger charge is -2.19. The van der Waals surface area contributed by atoms with Crippen molar-refractivity contribution in [2.24, 2.45) is 7.05 Å². The molecule has 0 unspecified atom stereocenters. The standard InChI is InChI=1S/C14H22N6/c1-6-15-11-7-12(17-10-8-16-20(5)9-10)19-13(18-11)14(2,3)4/h7-9H,6H2,1-5H3,(H2,15,17,18,19). The molecule has 0 bridgehead atoms. The van der Waals surface area contributed by atoms with Gasteiger partial charge in [0.05, 0.1) is 11.9 Å². The molecule has 0 amide bonds. The molecule has 0 fully saturated rings. The summed E-state index contributed by atoms with van der Waals surface area (Å²) >= 11 is 0. The first-order valence-corrected chi connectivity index (χ1v) is 6.77. The maximum atomic E-state index is 4.59. The molecule has 6 heteroatoms. The molecule has 0 aromatic carbocycles. The summed E-state index contributed by atoms with van der Waals surface area (Å²) in [6.07, 6.45) is 3.68. The van der Waals surface area contributed by atoms with Gasteiger partial charge in [-0.25, -0.2) is 9.97 Å². The van der Waals surface area contributed by atoms with Crippen LogP contribution >= 0.6 is 0 Å². The smallest absolute Gasteiger partial charge is 0.138 e. The molecule has 0 atom stereocenters. The van der Waals surface area contributed by atoms with Gasteiger partial charge in [0.1, 0.15) is 17.5 Å². The Morgan fingerprint density at radius 3 is 2.45 bits per heavy atom. The van der Waals surface area contributed by atoms with E-state index in [9.17, 15) is 0 Å². The zero-order valence-electron chi connectivity index (χ0n) is 12.7. The Kier molecular flexibility index (Phi) is 3.92. The number of nitrogens with one attached hydrogen (secondary N) is 2. The molecule has 108 valence electrons. The first-order chi connectivity index (χ1) is 9.38. The van der Waals surface area contributed by atoms with Crippen LogP contribution in [0, 0.1) is 0 Å². The lowest BCUT2D eigenvalue weighted by atomic mass is 9.96. The molecule has 0 spiro atoms.